The van der Waals surface area contributed by atoms with Gasteiger partial charge >= 0.3 is 0 Å². The van der Waals surface area contributed by atoms with E-state index in [2.05, 4.69) is 4.98 Å². The van der Waals surface area contributed by atoms with Crippen molar-refractivity contribution in [3.63, 3.8) is 0 Å². The number of hydrogen-bond acceptors (Lipinski definition) is 3. The van der Waals surface area contributed by atoms with Crippen molar-refractivity contribution in [2.75, 3.05) is 6.54 Å². The van der Waals surface area contributed by atoms with E-state index in [0.29, 0.717) is 0 Å². The largest absolute Gasteiger partial charge is 0.329 e. The van der Waals surface area contributed by atoms with Gasteiger partial charge in [0.25, 0.3) is 0 Å². The number of nitrogens with zero attached hydrogens (tertiary/aromatic N) is 1. The lowest BCUT2D eigenvalue weighted by molar-refractivity contribution is 0.538. The molecule has 1 heterocycles. The van der Waals surface area contributed by atoms with Crippen LogP contribution in [0.5, 0.6) is 0 Å². The Morgan fingerprint density at radius 3 is 2.67 bits per heavy atom. The molecule has 1 rings (SSSR count). The summed E-state index contributed by atoms with van der Waals surface area (Å²) in [5.74, 6) is -1.48. The minimum Gasteiger partial charge on any atom is -0.329 e. The van der Waals surface area contributed by atoms with Crippen LogP contribution in [0, 0.1) is 11.6 Å². The summed E-state index contributed by atoms with van der Waals surface area (Å²) in [6.07, 6.45) is 0.911. The summed E-state index contributed by atoms with van der Waals surface area (Å²) in [7, 11) is 0. The molecule has 1 aromatic rings. The van der Waals surface area contributed by atoms with Gasteiger partial charge in [-0.3, -0.25) is 4.98 Å². The van der Waals surface area contributed by atoms with Crippen LogP contribution < -0.4 is 11.5 Å². The van der Waals surface area contributed by atoms with Gasteiger partial charge in [0.2, 0.25) is 0 Å². The first kappa shape index (κ1) is 9.02. The van der Waals surface area contributed by atoms with E-state index in [1.165, 1.54) is 0 Å². The average Bonchev–Trinajstić information content (AvgIpc) is 2.03. The Morgan fingerprint density at radius 1 is 1.50 bits per heavy atom. The second-order valence-electron chi connectivity index (χ2n) is 2.36. The van der Waals surface area contributed by atoms with Crippen LogP contribution in [0.15, 0.2) is 12.3 Å². The third-order valence-electron chi connectivity index (χ3n) is 1.44. The van der Waals surface area contributed by atoms with Crippen molar-refractivity contribution in [3.8, 4) is 0 Å². The lowest BCUT2D eigenvalue weighted by atomic mass is 10.2. The van der Waals surface area contributed by atoms with Crippen molar-refractivity contribution in [2.24, 2.45) is 11.5 Å². The van der Waals surface area contributed by atoms with E-state index < -0.39 is 17.7 Å². The van der Waals surface area contributed by atoms with Gasteiger partial charge in [-0.15, -0.1) is 0 Å². The summed E-state index contributed by atoms with van der Waals surface area (Å²) in [6, 6.07) is 0.0586. The van der Waals surface area contributed by atoms with E-state index in [1.54, 1.807) is 0 Å². The average molecular weight is 173 g/mol. The Kier molecular flexibility index (Phi) is 2.67. The molecule has 4 N–H and O–H groups in total. The molecule has 0 saturated carbocycles. The highest BCUT2D eigenvalue weighted by atomic mass is 19.1. The molecule has 12 heavy (non-hydrogen) atoms. The maximum absolute atomic E-state index is 12.8. The fourth-order valence-corrected chi connectivity index (χ4v) is 0.810. The number of aromatic nitrogens is 1. The van der Waals surface area contributed by atoms with Gasteiger partial charge < -0.3 is 11.5 Å². The first-order chi connectivity index (χ1) is 5.65. The van der Waals surface area contributed by atoms with Crippen LogP contribution in [0.1, 0.15) is 11.7 Å². The molecule has 0 bridgehead atoms. The monoisotopic (exact) mass is 173 g/mol. The van der Waals surface area contributed by atoms with Crippen molar-refractivity contribution in [2.45, 2.75) is 6.04 Å². The van der Waals surface area contributed by atoms with Crippen LogP contribution in [0.4, 0.5) is 8.78 Å². The molecule has 66 valence electrons. The highest BCUT2D eigenvalue weighted by Gasteiger charge is 2.11. The summed E-state index contributed by atoms with van der Waals surface area (Å²) in [4.78, 5) is 3.49. The molecule has 0 spiro atoms. The van der Waals surface area contributed by atoms with Crippen molar-refractivity contribution in [1.29, 1.82) is 0 Å². The highest BCUT2D eigenvalue weighted by Crippen LogP contribution is 2.11. The summed E-state index contributed by atoms with van der Waals surface area (Å²) < 4.78 is 25.2. The third kappa shape index (κ3) is 1.75. The van der Waals surface area contributed by atoms with E-state index in [-0.39, 0.29) is 12.2 Å². The normalized spacial score (nSPS) is 13.0. The molecule has 0 aromatic carbocycles. The van der Waals surface area contributed by atoms with Crippen LogP contribution >= 0.6 is 0 Å². The topological polar surface area (TPSA) is 64.9 Å². The second-order valence-corrected chi connectivity index (χ2v) is 2.36. The lowest BCUT2D eigenvalue weighted by Gasteiger charge is -2.07. The first-order valence-corrected chi connectivity index (χ1v) is 3.41. The van der Waals surface area contributed by atoms with Gasteiger partial charge in [-0.05, 0) is 0 Å². The third-order valence-corrected chi connectivity index (χ3v) is 1.44. The molecule has 0 radical (unpaired) electrons. The van der Waals surface area contributed by atoms with Gasteiger partial charge in [0, 0.05) is 12.6 Å². The van der Waals surface area contributed by atoms with Crippen LogP contribution in [-0.4, -0.2) is 11.5 Å². The van der Waals surface area contributed by atoms with E-state index >= 15 is 0 Å². The van der Waals surface area contributed by atoms with Crippen molar-refractivity contribution >= 4 is 0 Å². The van der Waals surface area contributed by atoms with Crippen molar-refractivity contribution in [3.05, 3.63) is 29.6 Å². The molecule has 3 nitrogen and oxygen atoms in total. The SMILES string of the molecule is NC[C@H](N)c1ncc(F)cc1F. The number of rotatable bonds is 2. The Bertz CT molecular complexity index is 277. The molecule has 0 unspecified atom stereocenters. The Morgan fingerprint density at radius 2 is 2.17 bits per heavy atom. The minimum atomic E-state index is -0.757. The van der Waals surface area contributed by atoms with E-state index in [4.69, 9.17) is 11.5 Å². The maximum Gasteiger partial charge on any atom is 0.149 e. The molecule has 0 amide bonds. The van der Waals surface area contributed by atoms with Crippen LogP contribution in [0.3, 0.4) is 0 Å². The highest BCUT2D eigenvalue weighted by molar-refractivity contribution is 5.12. The maximum atomic E-state index is 12.8. The fraction of sp³-hybridized carbons (Fsp3) is 0.286. The molecular weight excluding hydrogens is 164 g/mol. The zero-order chi connectivity index (χ0) is 9.14. The number of hydrogen-bond donors (Lipinski definition) is 2. The first-order valence-electron chi connectivity index (χ1n) is 3.41. The zero-order valence-electron chi connectivity index (χ0n) is 6.30. The fourth-order valence-electron chi connectivity index (χ4n) is 0.810. The Hall–Kier alpha value is -1.07. The van der Waals surface area contributed by atoms with E-state index in [0.717, 1.165) is 12.3 Å². The van der Waals surface area contributed by atoms with E-state index in [1.807, 2.05) is 0 Å². The smallest absolute Gasteiger partial charge is 0.149 e. The van der Waals surface area contributed by atoms with Gasteiger partial charge in [0.15, 0.2) is 0 Å². The van der Waals surface area contributed by atoms with Gasteiger partial charge in [-0.1, -0.05) is 0 Å². The Balaban J connectivity index is 3.01. The zero-order valence-corrected chi connectivity index (χ0v) is 6.30. The molecule has 1 aromatic heterocycles. The minimum absolute atomic E-state index is 0.00102. The van der Waals surface area contributed by atoms with Crippen LogP contribution in [0.25, 0.3) is 0 Å². The molecule has 0 aliphatic rings. The summed E-state index contributed by atoms with van der Waals surface area (Å²) in [5, 5.41) is 0. The van der Waals surface area contributed by atoms with E-state index in [9.17, 15) is 8.78 Å². The quantitative estimate of drug-likeness (QED) is 0.676. The van der Waals surface area contributed by atoms with Crippen LogP contribution in [-0.2, 0) is 0 Å². The number of pyridine rings is 1. The molecule has 0 aliphatic heterocycles. The molecule has 0 saturated heterocycles. The Labute approximate surface area is 68.4 Å². The number of halogens is 2. The predicted octanol–water partition coefficient (Wildman–Crippen LogP) is 0.318. The lowest BCUT2D eigenvalue weighted by Crippen LogP contribution is -2.23. The standard InChI is InChI=1S/C7H9F2N3/c8-4-1-5(9)7(12-3-4)6(11)2-10/h1,3,6H,2,10-11H2/t6-/m0/s1. The second kappa shape index (κ2) is 3.55. The van der Waals surface area contributed by atoms with Gasteiger partial charge in [0.1, 0.15) is 11.6 Å². The molecule has 5 heteroatoms. The predicted molar refractivity (Wildman–Crippen MR) is 40.1 cm³/mol. The van der Waals surface area contributed by atoms with Crippen molar-refractivity contribution in [1.82, 2.24) is 4.98 Å². The molecule has 1 atom stereocenters. The van der Waals surface area contributed by atoms with Gasteiger partial charge in [-0.25, -0.2) is 8.78 Å². The molecule has 0 fully saturated rings. The molecular formula is C7H9F2N3. The van der Waals surface area contributed by atoms with Crippen LogP contribution in [0.2, 0.25) is 0 Å². The van der Waals surface area contributed by atoms with Crippen molar-refractivity contribution < 1.29 is 8.78 Å². The summed E-state index contributed by atoms with van der Waals surface area (Å²) in [6.45, 7) is 0.0789. The number of nitrogens with two attached hydrogens (primary N) is 2. The molecule has 0 aliphatic carbocycles. The summed E-state index contributed by atoms with van der Waals surface area (Å²) >= 11 is 0. The van der Waals surface area contributed by atoms with Gasteiger partial charge in [0.05, 0.1) is 17.9 Å². The summed E-state index contributed by atoms with van der Waals surface area (Å²) in [5.41, 5.74) is 10.6. The van der Waals surface area contributed by atoms with Gasteiger partial charge in [-0.2, -0.15) is 0 Å².